The van der Waals surface area contributed by atoms with Gasteiger partial charge in [0.1, 0.15) is 0 Å². The van der Waals surface area contributed by atoms with Crippen LogP contribution in [0.25, 0.3) is 0 Å². The van der Waals surface area contributed by atoms with Gasteiger partial charge in [-0.25, -0.2) is 0 Å². The molecule has 0 aliphatic carbocycles. The number of rotatable bonds is 5. The molecule has 2 amide bonds. The van der Waals surface area contributed by atoms with Crippen molar-refractivity contribution in [3.05, 3.63) is 34.9 Å². The zero-order chi connectivity index (χ0) is 17.1. The normalized spacial score (nSPS) is 22.0. The number of hydrogen-bond acceptors (Lipinski definition) is 3. The second-order valence-electron chi connectivity index (χ2n) is 5.82. The van der Waals surface area contributed by atoms with Crippen LogP contribution in [0.1, 0.15) is 31.4 Å². The highest BCUT2D eigenvalue weighted by Crippen LogP contribution is 2.37. The lowest BCUT2D eigenvalue weighted by molar-refractivity contribution is -0.137. The van der Waals surface area contributed by atoms with E-state index < -0.39 is 24.0 Å². The van der Waals surface area contributed by atoms with E-state index in [0.29, 0.717) is 5.02 Å². The van der Waals surface area contributed by atoms with E-state index in [1.807, 2.05) is 6.07 Å². The maximum atomic E-state index is 12.5. The summed E-state index contributed by atoms with van der Waals surface area (Å²) in [5.74, 6) is -1.99. The Morgan fingerprint density at radius 1 is 1.48 bits per heavy atom. The molecule has 2 N–H and O–H groups in total. The lowest BCUT2D eigenvalue weighted by Gasteiger charge is -2.26. The van der Waals surface area contributed by atoms with Gasteiger partial charge in [0.25, 0.3) is 0 Å². The van der Waals surface area contributed by atoms with Crippen molar-refractivity contribution in [2.45, 2.75) is 31.8 Å². The van der Waals surface area contributed by atoms with E-state index in [4.69, 9.17) is 16.7 Å². The van der Waals surface area contributed by atoms with Gasteiger partial charge in [0.2, 0.25) is 11.8 Å². The molecular formula is C16H19ClN2O4. The minimum Gasteiger partial charge on any atom is -0.481 e. The first-order valence-electron chi connectivity index (χ1n) is 7.33. The zero-order valence-electron chi connectivity index (χ0n) is 13.0. The van der Waals surface area contributed by atoms with Crippen LogP contribution in [0.15, 0.2) is 24.3 Å². The van der Waals surface area contributed by atoms with Gasteiger partial charge in [-0.15, -0.1) is 0 Å². The molecule has 3 atom stereocenters. The maximum Gasteiger partial charge on any atom is 0.305 e. The first-order chi connectivity index (χ1) is 10.8. The Balaban J connectivity index is 2.20. The molecule has 1 heterocycles. The number of nitrogens with zero attached hydrogens (tertiary/aromatic N) is 1. The topological polar surface area (TPSA) is 86.7 Å². The number of carbonyl (C=O) groups excluding carboxylic acids is 2. The highest BCUT2D eigenvalue weighted by molar-refractivity contribution is 6.30. The van der Waals surface area contributed by atoms with E-state index in [0.717, 1.165) is 5.56 Å². The summed E-state index contributed by atoms with van der Waals surface area (Å²) < 4.78 is 0. The zero-order valence-corrected chi connectivity index (χ0v) is 13.7. The molecule has 1 aromatic carbocycles. The van der Waals surface area contributed by atoms with Crippen LogP contribution in [-0.4, -0.2) is 40.9 Å². The van der Waals surface area contributed by atoms with Crippen molar-refractivity contribution >= 4 is 29.4 Å². The summed E-state index contributed by atoms with van der Waals surface area (Å²) in [4.78, 5) is 36.8. The average molecular weight is 339 g/mol. The fourth-order valence-electron chi connectivity index (χ4n) is 2.91. The molecule has 1 fully saturated rings. The van der Waals surface area contributed by atoms with Crippen LogP contribution in [0.3, 0.4) is 0 Å². The Morgan fingerprint density at radius 3 is 2.78 bits per heavy atom. The fraction of sp³-hybridized carbons (Fsp3) is 0.438. The molecule has 23 heavy (non-hydrogen) atoms. The molecule has 1 aliphatic heterocycles. The van der Waals surface area contributed by atoms with E-state index in [1.54, 1.807) is 32.2 Å². The highest BCUT2D eigenvalue weighted by Gasteiger charge is 2.42. The third-order valence-corrected chi connectivity index (χ3v) is 4.22. The van der Waals surface area contributed by atoms with Crippen molar-refractivity contribution in [3.8, 4) is 0 Å². The average Bonchev–Trinajstić information content (AvgIpc) is 2.74. The van der Waals surface area contributed by atoms with Crippen LogP contribution in [-0.2, 0) is 14.4 Å². The Bertz CT molecular complexity index is 634. The van der Waals surface area contributed by atoms with Crippen LogP contribution < -0.4 is 5.32 Å². The molecule has 1 aromatic rings. The quantitative estimate of drug-likeness (QED) is 0.857. The van der Waals surface area contributed by atoms with Crippen molar-refractivity contribution < 1.29 is 19.5 Å². The van der Waals surface area contributed by atoms with E-state index in [1.165, 1.54) is 4.90 Å². The van der Waals surface area contributed by atoms with Crippen LogP contribution in [0.5, 0.6) is 0 Å². The second-order valence-corrected chi connectivity index (χ2v) is 6.26. The number of likely N-dealkylation sites (tertiary alicyclic amines) is 1. The summed E-state index contributed by atoms with van der Waals surface area (Å²) in [6.07, 6.45) is -0.0661. The number of amides is 2. The monoisotopic (exact) mass is 338 g/mol. The number of carboxylic acids is 1. The Morgan fingerprint density at radius 2 is 2.17 bits per heavy atom. The van der Waals surface area contributed by atoms with Gasteiger partial charge in [-0.1, -0.05) is 23.7 Å². The molecule has 0 radical (unpaired) electrons. The number of nitrogens with one attached hydrogen (secondary N) is 1. The van der Waals surface area contributed by atoms with Crippen molar-refractivity contribution in [2.24, 2.45) is 5.92 Å². The fourth-order valence-corrected chi connectivity index (χ4v) is 3.11. The minimum absolute atomic E-state index is 0.0965. The SMILES string of the molecule is CC(CC(=O)O)NC(=O)C1CC(=O)N(C)C1c1cccc(Cl)c1. The number of benzene rings is 1. The highest BCUT2D eigenvalue weighted by atomic mass is 35.5. The number of carboxylic acid groups (broad SMARTS) is 1. The molecule has 3 unspecified atom stereocenters. The van der Waals surface area contributed by atoms with Crippen molar-refractivity contribution in [1.82, 2.24) is 10.2 Å². The Hall–Kier alpha value is -2.08. The van der Waals surface area contributed by atoms with Gasteiger partial charge in [-0.05, 0) is 24.6 Å². The third kappa shape index (κ3) is 4.01. The smallest absolute Gasteiger partial charge is 0.305 e. The molecule has 0 saturated carbocycles. The Kier molecular flexibility index (Phi) is 5.26. The van der Waals surface area contributed by atoms with Gasteiger partial charge >= 0.3 is 5.97 Å². The van der Waals surface area contributed by atoms with Crippen LogP contribution in [0.2, 0.25) is 5.02 Å². The molecule has 6 nitrogen and oxygen atoms in total. The summed E-state index contributed by atoms with van der Waals surface area (Å²) >= 11 is 6.01. The third-order valence-electron chi connectivity index (χ3n) is 3.98. The molecular weight excluding hydrogens is 320 g/mol. The molecule has 0 aromatic heterocycles. The Labute approximate surface area is 139 Å². The number of halogens is 1. The summed E-state index contributed by atoms with van der Waals surface area (Å²) in [5.41, 5.74) is 0.789. The summed E-state index contributed by atoms with van der Waals surface area (Å²) in [5, 5.41) is 12.0. The van der Waals surface area contributed by atoms with E-state index in [2.05, 4.69) is 5.32 Å². The maximum absolute atomic E-state index is 12.5. The van der Waals surface area contributed by atoms with Crippen LogP contribution in [0.4, 0.5) is 0 Å². The molecule has 0 bridgehead atoms. The molecule has 2 rings (SSSR count). The van der Waals surface area contributed by atoms with Crippen molar-refractivity contribution in [1.29, 1.82) is 0 Å². The molecule has 0 spiro atoms. The standard InChI is InChI=1S/C16H19ClN2O4/c1-9(6-14(21)22)18-16(23)12-8-13(20)19(2)15(12)10-4-3-5-11(17)7-10/h3-5,7,9,12,15H,6,8H2,1-2H3,(H,18,23)(H,21,22). The lowest BCUT2D eigenvalue weighted by atomic mass is 9.92. The van der Waals surface area contributed by atoms with Gasteiger partial charge in [0.15, 0.2) is 0 Å². The van der Waals surface area contributed by atoms with Crippen LogP contribution >= 0.6 is 11.6 Å². The number of carbonyl (C=O) groups is 3. The van der Waals surface area contributed by atoms with Crippen molar-refractivity contribution in [3.63, 3.8) is 0 Å². The predicted octanol–water partition coefficient (Wildman–Crippen LogP) is 1.84. The second kappa shape index (κ2) is 7.00. The summed E-state index contributed by atoms with van der Waals surface area (Å²) in [6.45, 7) is 1.63. The van der Waals surface area contributed by atoms with Gasteiger partial charge in [-0.2, -0.15) is 0 Å². The van der Waals surface area contributed by atoms with Crippen molar-refractivity contribution in [2.75, 3.05) is 7.05 Å². The first-order valence-corrected chi connectivity index (χ1v) is 7.70. The van der Waals surface area contributed by atoms with Gasteiger partial charge in [-0.3, -0.25) is 14.4 Å². The predicted molar refractivity (Wildman–Crippen MR) is 84.9 cm³/mol. The largest absolute Gasteiger partial charge is 0.481 e. The van der Waals surface area contributed by atoms with E-state index in [-0.39, 0.29) is 24.7 Å². The molecule has 7 heteroatoms. The first kappa shape index (κ1) is 17.3. The van der Waals surface area contributed by atoms with E-state index in [9.17, 15) is 14.4 Å². The lowest BCUT2D eigenvalue weighted by Crippen LogP contribution is -2.40. The minimum atomic E-state index is -0.983. The van der Waals surface area contributed by atoms with Gasteiger partial charge < -0.3 is 15.3 Å². The number of hydrogen-bond donors (Lipinski definition) is 2. The summed E-state index contributed by atoms with van der Waals surface area (Å²) in [6, 6.07) is 6.16. The summed E-state index contributed by atoms with van der Waals surface area (Å²) in [7, 11) is 1.65. The molecule has 1 aliphatic rings. The van der Waals surface area contributed by atoms with Gasteiger partial charge in [0, 0.05) is 24.5 Å². The van der Waals surface area contributed by atoms with Crippen LogP contribution in [0, 0.1) is 5.92 Å². The number of aliphatic carboxylic acids is 1. The molecule has 124 valence electrons. The molecule has 1 saturated heterocycles. The van der Waals surface area contributed by atoms with E-state index >= 15 is 0 Å². The van der Waals surface area contributed by atoms with Gasteiger partial charge in [0.05, 0.1) is 18.4 Å².